The number of urea groups is 1. The van der Waals surface area contributed by atoms with Crippen molar-refractivity contribution < 1.29 is 9.53 Å². The quantitative estimate of drug-likeness (QED) is 0.554. The number of anilines is 2. The van der Waals surface area contributed by atoms with Gasteiger partial charge in [0.25, 0.3) is 0 Å². The molecule has 6 nitrogen and oxygen atoms in total. The van der Waals surface area contributed by atoms with Crippen molar-refractivity contribution >= 4 is 51.5 Å². The highest BCUT2D eigenvalue weighted by atomic mass is 35.5. The third-order valence-electron chi connectivity index (χ3n) is 3.21. The minimum Gasteiger partial charge on any atom is -0.497 e. The Morgan fingerprint density at radius 1 is 1.12 bits per heavy atom. The van der Waals surface area contributed by atoms with Crippen LogP contribution in [0.2, 0.25) is 5.02 Å². The number of ether oxygens (including phenoxy) is 1. The highest BCUT2D eigenvalue weighted by Gasteiger charge is 2.09. The number of carbonyl (C=O) groups excluding carboxylic acids is 1. The van der Waals surface area contributed by atoms with Crippen LogP contribution >= 0.6 is 34.7 Å². The lowest BCUT2D eigenvalue weighted by atomic mass is 10.3. The molecule has 0 aliphatic rings. The molecule has 1 aromatic heterocycles. The number of thioether (sulfide) groups is 1. The second-order valence-corrected chi connectivity index (χ2v) is 7.60. The summed E-state index contributed by atoms with van der Waals surface area (Å²) in [4.78, 5) is 13.1. The van der Waals surface area contributed by atoms with E-state index in [1.807, 2.05) is 24.3 Å². The molecule has 2 N–H and O–H groups in total. The number of rotatable bonds is 6. The molecule has 3 aromatic rings. The topological polar surface area (TPSA) is 76.1 Å². The molecule has 2 aromatic carbocycles. The first-order valence-corrected chi connectivity index (χ1v) is 9.73. The number of hydrogen-bond donors (Lipinski definition) is 2. The summed E-state index contributed by atoms with van der Waals surface area (Å²) in [5, 5.41) is 15.5. The van der Waals surface area contributed by atoms with Crippen LogP contribution < -0.4 is 15.4 Å². The second kappa shape index (κ2) is 8.88. The number of benzene rings is 2. The van der Waals surface area contributed by atoms with E-state index in [2.05, 4.69) is 20.8 Å². The van der Waals surface area contributed by atoms with E-state index in [-0.39, 0.29) is 6.03 Å². The van der Waals surface area contributed by atoms with Crippen molar-refractivity contribution in [1.29, 1.82) is 0 Å². The number of hydrogen-bond acceptors (Lipinski definition) is 6. The Morgan fingerprint density at radius 2 is 1.85 bits per heavy atom. The number of amides is 2. The smallest absolute Gasteiger partial charge is 0.325 e. The molecule has 0 unspecified atom stereocenters. The molecule has 0 spiro atoms. The Morgan fingerprint density at radius 3 is 2.54 bits per heavy atom. The van der Waals surface area contributed by atoms with Gasteiger partial charge in [-0.05, 0) is 48.5 Å². The van der Waals surface area contributed by atoms with Crippen LogP contribution in [0.25, 0.3) is 0 Å². The van der Waals surface area contributed by atoms with E-state index in [9.17, 15) is 4.79 Å². The number of aromatic nitrogens is 2. The molecule has 9 heteroatoms. The van der Waals surface area contributed by atoms with Gasteiger partial charge >= 0.3 is 6.03 Å². The molecular weight excluding hydrogens is 392 g/mol. The molecule has 0 atom stereocenters. The summed E-state index contributed by atoms with van der Waals surface area (Å²) in [7, 11) is 1.59. The lowest BCUT2D eigenvalue weighted by Gasteiger charge is -2.05. The predicted molar refractivity (Wildman–Crippen MR) is 107 cm³/mol. The predicted octanol–water partition coefficient (Wildman–Crippen LogP) is 5.14. The number of carbonyl (C=O) groups is 1. The third-order valence-corrected chi connectivity index (χ3v) is 5.51. The van der Waals surface area contributed by atoms with Gasteiger partial charge in [-0.15, -0.1) is 22.0 Å². The zero-order valence-electron chi connectivity index (χ0n) is 13.7. The van der Waals surface area contributed by atoms with Gasteiger partial charge in [0.05, 0.1) is 12.9 Å². The van der Waals surface area contributed by atoms with Crippen molar-refractivity contribution in [3.05, 3.63) is 58.6 Å². The fourth-order valence-electron chi connectivity index (χ4n) is 1.97. The minimum absolute atomic E-state index is 0.372. The molecule has 0 aliphatic carbocycles. The van der Waals surface area contributed by atoms with E-state index in [1.165, 1.54) is 11.3 Å². The monoisotopic (exact) mass is 406 g/mol. The fourth-order valence-corrected chi connectivity index (χ4v) is 3.72. The molecule has 0 radical (unpaired) electrons. The minimum atomic E-state index is -0.372. The number of methoxy groups -OCH3 is 1. The van der Waals surface area contributed by atoms with Gasteiger partial charge in [-0.2, -0.15) is 0 Å². The molecule has 0 bridgehead atoms. The van der Waals surface area contributed by atoms with Crippen molar-refractivity contribution in [2.24, 2.45) is 0 Å². The maximum atomic E-state index is 12.0. The Bertz CT molecular complexity index is 869. The summed E-state index contributed by atoms with van der Waals surface area (Å²) >= 11 is 8.84. The maximum absolute atomic E-state index is 12.0. The molecule has 0 aliphatic heterocycles. The Hall–Kier alpha value is -2.29. The van der Waals surface area contributed by atoms with E-state index < -0.39 is 0 Å². The van der Waals surface area contributed by atoms with Gasteiger partial charge in [0.2, 0.25) is 5.13 Å². The van der Waals surface area contributed by atoms with Gasteiger partial charge in [0.15, 0.2) is 0 Å². The molecule has 0 fully saturated rings. The van der Waals surface area contributed by atoms with Gasteiger partial charge in [0.1, 0.15) is 10.8 Å². The average Bonchev–Trinajstić information content (AvgIpc) is 3.09. The van der Waals surface area contributed by atoms with Crippen molar-refractivity contribution in [1.82, 2.24) is 10.2 Å². The Balaban J connectivity index is 1.50. The van der Waals surface area contributed by atoms with Crippen LogP contribution in [0, 0.1) is 0 Å². The Kier molecular flexibility index (Phi) is 6.32. The molecule has 0 saturated carbocycles. The number of halogens is 1. The number of nitrogens with zero attached hydrogens (tertiary/aromatic N) is 2. The lowest BCUT2D eigenvalue weighted by Crippen LogP contribution is -2.19. The average molecular weight is 407 g/mol. The first-order chi connectivity index (χ1) is 12.6. The van der Waals surface area contributed by atoms with E-state index in [1.54, 1.807) is 43.1 Å². The van der Waals surface area contributed by atoms with Crippen LogP contribution in [0.15, 0.2) is 53.4 Å². The van der Waals surface area contributed by atoms with E-state index in [4.69, 9.17) is 16.3 Å². The van der Waals surface area contributed by atoms with Crippen molar-refractivity contribution in [3.63, 3.8) is 0 Å². The maximum Gasteiger partial charge on any atom is 0.325 e. The molecule has 1 heterocycles. The van der Waals surface area contributed by atoms with E-state index >= 15 is 0 Å². The summed E-state index contributed by atoms with van der Waals surface area (Å²) in [6.07, 6.45) is 0. The molecule has 3 rings (SSSR count). The van der Waals surface area contributed by atoms with Crippen LogP contribution in [0.1, 0.15) is 5.01 Å². The Labute approximate surface area is 163 Å². The van der Waals surface area contributed by atoms with E-state index in [0.29, 0.717) is 21.6 Å². The summed E-state index contributed by atoms with van der Waals surface area (Å²) < 4.78 is 5.08. The molecule has 0 saturated heterocycles. The number of nitrogens with one attached hydrogen (secondary N) is 2. The summed E-state index contributed by atoms with van der Waals surface area (Å²) in [5.74, 6) is 1.39. The zero-order valence-corrected chi connectivity index (χ0v) is 16.1. The van der Waals surface area contributed by atoms with Crippen LogP contribution in [0.4, 0.5) is 15.6 Å². The van der Waals surface area contributed by atoms with Crippen LogP contribution in [0.3, 0.4) is 0 Å². The fraction of sp³-hybridized carbons (Fsp3) is 0.118. The van der Waals surface area contributed by atoms with Gasteiger partial charge in [0, 0.05) is 15.6 Å². The van der Waals surface area contributed by atoms with Gasteiger partial charge in [-0.1, -0.05) is 22.9 Å². The van der Waals surface area contributed by atoms with Crippen LogP contribution in [0.5, 0.6) is 5.75 Å². The van der Waals surface area contributed by atoms with E-state index in [0.717, 1.165) is 15.7 Å². The third kappa shape index (κ3) is 5.35. The summed E-state index contributed by atoms with van der Waals surface area (Å²) in [6, 6.07) is 14.3. The van der Waals surface area contributed by atoms with Crippen LogP contribution in [-0.2, 0) is 5.75 Å². The molecule has 26 heavy (non-hydrogen) atoms. The van der Waals surface area contributed by atoms with Crippen molar-refractivity contribution in [2.75, 3.05) is 17.7 Å². The highest BCUT2D eigenvalue weighted by molar-refractivity contribution is 7.98. The molecular formula is C17H15ClN4O2S2. The standard InChI is InChI=1S/C17H15ClN4O2S2/c1-24-13-6-4-12(5-7-13)19-16(23)20-17-22-21-15(26-17)10-25-14-8-2-11(18)3-9-14/h2-9H,10H2,1H3,(H2,19,20,22,23). The zero-order chi connectivity index (χ0) is 18.4. The molecule has 134 valence electrons. The highest BCUT2D eigenvalue weighted by Crippen LogP contribution is 2.27. The largest absolute Gasteiger partial charge is 0.497 e. The first kappa shape index (κ1) is 18.5. The normalized spacial score (nSPS) is 10.4. The second-order valence-electron chi connectivity index (χ2n) is 5.05. The van der Waals surface area contributed by atoms with Crippen molar-refractivity contribution in [3.8, 4) is 5.75 Å². The SMILES string of the molecule is COc1ccc(NC(=O)Nc2nnc(CSc3ccc(Cl)cc3)s2)cc1. The lowest BCUT2D eigenvalue weighted by molar-refractivity contribution is 0.262. The first-order valence-electron chi connectivity index (χ1n) is 7.55. The van der Waals surface area contributed by atoms with Crippen LogP contribution in [-0.4, -0.2) is 23.3 Å². The molecule has 2 amide bonds. The summed E-state index contributed by atoms with van der Waals surface area (Å²) in [6.45, 7) is 0. The van der Waals surface area contributed by atoms with Gasteiger partial charge in [-0.3, -0.25) is 5.32 Å². The summed E-state index contributed by atoms with van der Waals surface area (Å²) in [5.41, 5.74) is 0.659. The van der Waals surface area contributed by atoms with Crippen molar-refractivity contribution in [2.45, 2.75) is 10.6 Å². The van der Waals surface area contributed by atoms with Gasteiger partial charge in [-0.25, -0.2) is 4.79 Å². The van der Waals surface area contributed by atoms with Gasteiger partial charge < -0.3 is 10.1 Å².